The van der Waals surface area contributed by atoms with E-state index in [0.29, 0.717) is 11.6 Å². The molecule has 0 spiro atoms. The zero-order chi connectivity index (χ0) is 12.7. The minimum atomic E-state index is 0.0362. The lowest BCUT2D eigenvalue weighted by atomic mass is 10.1. The minimum absolute atomic E-state index is 0.0362. The first-order valence-corrected chi connectivity index (χ1v) is 6.23. The second-order valence-corrected chi connectivity index (χ2v) is 4.89. The van der Waals surface area contributed by atoms with Crippen LogP contribution in [-0.2, 0) is 13.5 Å². The summed E-state index contributed by atoms with van der Waals surface area (Å²) in [5.74, 6) is 1.67. The fraction of sp³-hybridized carbons (Fsp3) is 0.308. The molecule has 0 fully saturated rings. The van der Waals surface area contributed by atoms with Crippen LogP contribution in [0.1, 0.15) is 5.56 Å². The number of hydrogen-bond donors (Lipinski definition) is 1. The van der Waals surface area contributed by atoms with E-state index in [1.807, 2.05) is 23.9 Å². The average molecular weight is 264 g/mol. The van der Waals surface area contributed by atoms with Crippen molar-refractivity contribution in [1.29, 1.82) is 0 Å². The zero-order valence-electron chi connectivity index (χ0n) is 10.1. The Morgan fingerprint density at radius 1 is 1.56 bits per heavy atom. The van der Waals surface area contributed by atoms with Crippen molar-refractivity contribution in [2.24, 2.45) is 12.8 Å². The first kappa shape index (κ1) is 11.6. The Bertz CT molecular complexity index is 594. The van der Waals surface area contributed by atoms with Crippen molar-refractivity contribution in [3.8, 4) is 17.1 Å². The highest BCUT2D eigenvalue weighted by Gasteiger charge is 2.25. The van der Waals surface area contributed by atoms with Crippen LogP contribution in [0.3, 0.4) is 0 Å². The third-order valence-corrected chi connectivity index (χ3v) is 3.48. The predicted molar refractivity (Wildman–Crippen MR) is 70.8 cm³/mol. The molecule has 1 aliphatic heterocycles. The molecule has 0 unspecified atom stereocenters. The second kappa shape index (κ2) is 4.30. The predicted octanol–water partition coefficient (Wildman–Crippen LogP) is 2.00. The first-order valence-electron chi connectivity index (χ1n) is 5.86. The molecule has 1 atom stereocenters. The van der Waals surface area contributed by atoms with Crippen LogP contribution in [0.2, 0.25) is 5.02 Å². The number of fused-ring (bicyclic) bond motifs is 1. The molecule has 2 heterocycles. The van der Waals surface area contributed by atoms with Gasteiger partial charge >= 0.3 is 0 Å². The Labute approximate surface area is 110 Å². The highest BCUT2D eigenvalue weighted by Crippen LogP contribution is 2.39. The molecular formula is C13H14ClN3O. The fourth-order valence-electron chi connectivity index (χ4n) is 2.29. The molecule has 2 aromatic rings. The molecule has 0 radical (unpaired) electrons. The van der Waals surface area contributed by atoms with Crippen molar-refractivity contribution in [2.75, 3.05) is 6.54 Å². The number of nitrogens with two attached hydrogens (primary N) is 1. The summed E-state index contributed by atoms with van der Waals surface area (Å²) in [4.78, 5) is 4.33. The second-order valence-electron chi connectivity index (χ2n) is 4.49. The van der Waals surface area contributed by atoms with E-state index in [9.17, 15) is 0 Å². The molecule has 1 aromatic carbocycles. The lowest BCUT2D eigenvalue weighted by Gasteiger charge is -2.08. The van der Waals surface area contributed by atoms with Gasteiger partial charge in [0.15, 0.2) is 0 Å². The molecule has 1 aromatic heterocycles. The molecule has 2 N–H and O–H groups in total. The van der Waals surface area contributed by atoms with Gasteiger partial charge in [-0.15, -0.1) is 0 Å². The molecule has 5 heteroatoms. The molecule has 0 saturated heterocycles. The molecule has 3 rings (SSSR count). The highest BCUT2D eigenvalue weighted by molar-refractivity contribution is 6.32. The number of hydrogen-bond acceptors (Lipinski definition) is 3. The summed E-state index contributed by atoms with van der Waals surface area (Å²) in [6, 6.07) is 3.97. The summed E-state index contributed by atoms with van der Waals surface area (Å²) >= 11 is 6.26. The van der Waals surface area contributed by atoms with E-state index in [1.165, 1.54) is 0 Å². The van der Waals surface area contributed by atoms with Crippen LogP contribution < -0.4 is 10.5 Å². The van der Waals surface area contributed by atoms with Crippen LogP contribution in [0.4, 0.5) is 0 Å². The highest BCUT2D eigenvalue weighted by atomic mass is 35.5. The lowest BCUT2D eigenvalue weighted by Crippen LogP contribution is -2.24. The summed E-state index contributed by atoms with van der Waals surface area (Å²) in [6.45, 7) is 0.503. The molecular weight excluding hydrogens is 250 g/mol. The number of rotatable bonds is 2. The number of nitrogens with zero attached hydrogens (tertiary/aromatic N) is 2. The van der Waals surface area contributed by atoms with Gasteiger partial charge in [0, 0.05) is 43.5 Å². The number of aryl methyl sites for hydroxylation is 1. The normalized spacial score (nSPS) is 17.6. The molecule has 4 nitrogen and oxygen atoms in total. The van der Waals surface area contributed by atoms with Crippen LogP contribution >= 0.6 is 11.6 Å². The number of ether oxygens (including phenoxy) is 1. The Kier molecular flexibility index (Phi) is 2.76. The van der Waals surface area contributed by atoms with Crippen LogP contribution in [0.25, 0.3) is 11.4 Å². The van der Waals surface area contributed by atoms with Crippen molar-refractivity contribution in [3.05, 3.63) is 35.1 Å². The van der Waals surface area contributed by atoms with Gasteiger partial charge in [-0.3, -0.25) is 0 Å². The van der Waals surface area contributed by atoms with Crippen molar-refractivity contribution in [1.82, 2.24) is 9.55 Å². The summed E-state index contributed by atoms with van der Waals surface area (Å²) < 4.78 is 7.67. The van der Waals surface area contributed by atoms with E-state index in [1.54, 1.807) is 6.20 Å². The van der Waals surface area contributed by atoms with Gasteiger partial charge in [-0.2, -0.15) is 0 Å². The third-order valence-electron chi connectivity index (χ3n) is 3.19. The van der Waals surface area contributed by atoms with E-state index < -0.39 is 0 Å². The van der Waals surface area contributed by atoms with E-state index >= 15 is 0 Å². The van der Waals surface area contributed by atoms with E-state index in [4.69, 9.17) is 22.1 Å². The maximum atomic E-state index is 6.26. The number of halogens is 1. The van der Waals surface area contributed by atoms with E-state index in [-0.39, 0.29) is 6.10 Å². The van der Waals surface area contributed by atoms with Gasteiger partial charge < -0.3 is 15.0 Å². The number of aromatic nitrogens is 2. The summed E-state index contributed by atoms with van der Waals surface area (Å²) in [5.41, 5.74) is 7.75. The molecule has 0 aliphatic carbocycles. The lowest BCUT2D eigenvalue weighted by molar-refractivity contribution is 0.241. The van der Waals surface area contributed by atoms with Crippen molar-refractivity contribution in [2.45, 2.75) is 12.5 Å². The molecule has 18 heavy (non-hydrogen) atoms. The summed E-state index contributed by atoms with van der Waals surface area (Å²) in [6.07, 6.45) is 4.53. The molecule has 0 amide bonds. The average Bonchev–Trinajstić information content (AvgIpc) is 2.94. The molecule has 0 saturated carbocycles. The Hall–Kier alpha value is -1.52. The quantitative estimate of drug-likeness (QED) is 0.902. The topological polar surface area (TPSA) is 53.1 Å². The molecule has 94 valence electrons. The van der Waals surface area contributed by atoms with Crippen molar-refractivity contribution < 1.29 is 4.74 Å². The van der Waals surface area contributed by atoms with Gasteiger partial charge in [-0.1, -0.05) is 11.6 Å². The zero-order valence-corrected chi connectivity index (χ0v) is 10.8. The Morgan fingerprint density at radius 3 is 3.06 bits per heavy atom. The van der Waals surface area contributed by atoms with Gasteiger partial charge in [0.25, 0.3) is 0 Å². The van der Waals surface area contributed by atoms with Gasteiger partial charge in [-0.05, 0) is 12.1 Å². The third kappa shape index (κ3) is 1.78. The van der Waals surface area contributed by atoms with Gasteiger partial charge in [0.1, 0.15) is 17.7 Å². The van der Waals surface area contributed by atoms with E-state index in [0.717, 1.165) is 29.1 Å². The van der Waals surface area contributed by atoms with Crippen LogP contribution in [0.5, 0.6) is 5.75 Å². The summed E-state index contributed by atoms with van der Waals surface area (Å²) in [5, 5.41) is 0.626. The number of benzene rings is 1. The van der Waals surface area contributed by atoms with Gasteiger partial charge in [-0.25, -0.2) is 4.98 Å². The van der Waals surface area contributed by atoms with Crippen molar-refractivity contribution in [3.63, 3.8) is 0 Å². The Morgan fingerprint density at radius 2 is 2.39 bits per heavy atom. The standard InChI is InChI=1S/C13H14ClN3O/c1-17-3-2-16-13(17)9-4-8-5-10(7-15)18-12(8)11(14)6-9/h2-4,6,10H,5,7,15H2,1H3/t10-/m0/s1. The maximum absolute atomic E-state index is 6.26. The van der Waals surface area contributed by atoms with Crippen LogP contribution in [0, 0.1) is 0 Å². The van der Waals surface area contributed by atoms with E-state index in [2.05, 4.69) is 11.1 Å². The largest absolute Gasteiger partial charge is 0.487 e. The Balaban J connectivity index is 2.06. The van der Waals surface area contributed by atoms with Gasteiger partial charge in [0.05, 0.1) is 5.02 Å². The molecule has 0 bridgehead atoms. The summed E-state index contributed by atoms with van der Waals surface area (Å²) in [7, 11) is 1.96. The SMILES string of the molecule is Cn1ccnc1-c1cc(Cl)c2c(c1)C[C@@H](CN)O2. The van der Waals surface area contributed by atoms with Crippen LogP contribution in [-0.4, -0.2) is 22.2 Å². The molecule has 1 aliphatic rings. The number of imidazole rings is 1. The fourth-order valence-corrected chi connectivity index (χ4v) is 2.58. The van der Waals surface area contributed by atoms with Crippen molar-refractivity contribution >= 4 is 11.6 Å². The maximum Gasteiger partial charge on any atom is 0.141 e. The minimum Gasteiger partial charge on any atom is -0.487 e. The van der Waals surface area contributed by atoms with Crippen LogP contribution in [0.15, 0.2) is 24.5 Å². The smallest absolute Gasteiger partial charge is 0.141 e. The monoisotopic (exact) mass is 263 g/mol. The first-order chi connectivity index (χ1) is 8.69. The van der Waals surface area contributed by atoms with Gasteiger partial charge in [0.2, 0.25) is 0 Å².